The number of nitrogens with one attached hydrogen (secondary N) is 1. The van der Waals surface area contributed by atoms with Crippen molar-refractivity contribution in [3.63, 3.8) is 0 Å². The maximum atomic E-state index is 14.3. The van der Waals surface area contributed by atoms with E-state index in [0.29, 0.717) is 31.9 Å². The highest BCUT2D eigenvalue weighted by molar-refractivity contribution is 7.97. The molecule has 3 heterocycles. The number of aromatic nitrogens is 2. The lowest BCUT2D eigenvalue weighted by Crippen LogP contribution is -2.54. The van der Waals surface area contributed by atoms with Crippen LogP contribution in [0, 0.1) is 0 Å². The molecule has 0 radical (unpaired) electrons. The van der Waals surface area contributed by atoms with Crippen molar-refractivity contribution >= 4 is 40.6 Å². The third-order valence-corrected chi connectivity index (χ3v) is 10.2. The van der Waals surface area contributed by atoms with Gasteiger partial charge in [-0.15, -0.1) is 0 Å². The van der Waals surface area contributed by atoms with Gasteiger partial charge in [-0.25, -0.2) is 9.78 Å². The molecule has 12 heteroatoms. The highest BCUT2D eigenvalue weighted by Gasteiger charge is 2.36. The number of para-hydroxylation sites is 1. The van der Waals surface area contributed by atoms with Crippen LogP contribution in [0.5, 0.6) is 11.5 Å². The molecule has 3 aromatic carbocycles. The molecule has 0 unspecified atom stereocenters. The molecule has 0 bridgehead atoms. The fraction of sp³-hybridized carbons (Fsp3) is 0.282. The van der Waals surface area contributed by atoms with Crippen LogP contribution in [-0.2, 0) is 9.53 Å². The van der Waals surface area contributed by atoms with Crippen molar-refractivity contribution in [1.82, 2.24) is 24.1 Å². The van der Waals surface area contributed by atoms with Crippen molar-refractivity contribution in [2.75, 3.05) is 47.0 Å². The molecule has 1 fully saturated rings. The van der Waals surface area contributed by atoms with E-state index in [1.165, 1.54) is 4.31 Å². The largest absolute Gasteiger partial charge is 0.497 e. The average molecular weight is 708 g/mol. The monoisotopic (exact) mass is 707 g/mol. The van der Waals surface area contributed by atoms with Crippen molar-refractivity contribution in [2.24, 2.45) is 0 Å². The topological polar surface area (TPSA) is 117 Å². The van der Waals surface area contributed by atoms with Gasteiger partial charge in [0.15, 0.2) is 0 Å². The zero-order valence-electron chi connectivity index (χ0n) is 29.1. The molecule has 264 valence electrons. The summed E-state index contributed by atoms with van der Waals surface area (Å²) < 4.78 is 17.5. The van der Waals surface area contributed by atoms with E-state index >= 15 is 0 Å². The lowest BCUT2D eigenvalue weighted by Gasteiger charge is -2.41. The van der Waals surface area contributed by atoms with E-state index < -0.39 is 17.9 Å². The first kappa shape index (κ1) is 35.5. The van der Waals surface area contributed by atoms with E-state index in [-0.39, 0.29) is 29.1 Å². The van der Waals surface area contributed by atoms with Crippen LogP contribution in [0.2, 0.25) is 0 Å². The third-order valence-electron chi connectivity index (χ3n) is 8.98. The molecular formula is C39H41N5O6S. The van der Waals surface area contributed by atoms with Gasteiger partial charge < -0.3 is 24.1 Å². The fourth-order valence-electron chi connectivity index (χ4n) is 6.28. The van der Waals surface area contributed by atoms with Crippen molar-refractivity contribution in [3.05, 3.63) is 120 Å². The summed E-state index contributed by atoms with van der Waals surface area (Å²) in [4.78, 5) is 53.1. The lowest BCUT2D eigenvalue weighted by atomic mass is 9.96. The number of H-pyrrole nitrogens is 1. The summed E-state index contributed by atoms with van der Waals surface area (Å²) in [5, 5.41) is 1.14. The van der Waals surface area contributed by atoms with Crippen LogP contribution >= 0.6 is 11.9 Å². The Bertz CT molecular complexity index is 1890. The second-order valence-electron chi connectivity index (χ2n) is 12.1. The summed E-state index contributed by atoms with van der Waals surface area (Å²) in [5.74, 6) is 0.396. The number of benzene rings is 3. The Morgan fingerprint density at radius 3 is 2.08 bits per heavy atom. The van der Waals surface area contributed by atoms with Gasteiger partial charge in [0.1, 0.15) is 28.3 Å². The van der Waals surface area contributed by atoms with Crippen LogP contribution < -0.4 is 9.47 Å². The lowest BCUT2D eigenvalue weighted by molar-refractivity contribution is -0.136. The number of hydrogen-bond acceptors (Lipinski definition) is 9. The Balaban J connectivity index is 1.24. The Morgan fingerprint density at radius 1 is 0.863 bits per heavy atom. The van der Waals surface area contributed by atoms with E-state index in [1.54, 1.807) is 57.4 Å². The summed E-state index contributed by atoms with van der Waals surface area (Å²) >= 11 is 0.962. The summed E-state index contributed by atoms with van der Waals surface area (Å²) in [5.41, 5.74) is 3.55. The normalized spacial score (nSPS) is 13.9. The standard InChI is InChI=1S/C39H41N5O6S/c1-5-50-39(47)32-10-8-20-40-36(32)51-44(38(46)34-25-29-9-6-7-11-33(29)41-34)26(2)37(45)43-23-21-42(22-24-43)35(27-12-16-30(48-3)17-13-27)28-14-18-31(49-4)19-15-28/h6-20,25-26,35,41H,5,21-24H2,1-4H3/t26-/m1/s1. The number of pyridine rings is 1. The van der Waals surface area contributed by atoms with Gasteiger partial charge >= 0.3 is 5.97 Å². The second-order valence-corrected chi connectivity index (χ2v) is 13.0. The van der Waals surface area contributed by atoms with Crippen LogP contribution in [-0.4, -0.2) is 94.9 Å². The predicted octanol–water partition coefficient (Wildman–Crippen LogP) is 6.23. The first-order chi connectivity index (χ1) is 24.8. The van der Waals surface area contributed by atoms with Gasteiger partial charge in [-0.1, -0.05) is 42.5 Å². The number of amides is 2. The summed E-state index contributed by atoms with van der Waals surface area (Å²) in [6, 6.07) is 27.8. The minimum absolute atomic E-state index is 0.0578. The van der Waals surface area contributed by atoms with Crippen LogP contribution in [0.25, 0.3) is 10.9 Å². The second kappa shape index (κ2) is 16.1. The van der Waals surface area contributed by atoms with Gasteiger partial charge in [-0.05, 0) is 73.5 Å². The molecule has 1 N–H and O–H groups in total. The number of carbonyl (C=O) groups excluding carboxylic acids is 3. The molecule has 0 saturated carbocycles. The summed E-state index contributed by atoms with van der Waals surface area (Å²) in [6.07, 6.45) is 1.55. The molecule has 5 aromatic rings. The molecule has 1 saturated heterocycles. The quantitative estimate of drug-likeness (QED) is 0.119. The molecule has 0 aliphatic carbocycles. The minimum atomic E-state index is -0.892. The van der Waals surface area contributed by atoms with Crippen molar-refractivity contribution in [1.29, 1.82) is 0 Å². The van der Waals surface area contributed by atoms with E-state index in [9.17, 15) is 14.4 Å². The highest BCUT2D eigenvalue weighted by atomic mass is 32.2. The molecule has 11 nitrogen and oxygen atoms in total. The smallest absolute Gasteiger partial charge is 0.340 e. The van der Waals surface area contributed by atoms with Crippen LogP contribution in [0.1, 0.15) is 51.9 Å². The predicted molar refractivity (Wildman–Crippen MR) is 196 cm³/mol. The first-order valence-corrected chi connectivity index (χ1v) is 17.6. The number of nitrogens with zero attached hydrogens (tertiary/aromatic N) is 4. The van der Waals surface area contributed by atoms with Gasteiger partial charge in [-0.3, -0.25) is 18.8 Å². The summed E-state index contributed by atoms with van der Waals surface area (Å²) in [6.45, 7) is 5.77. The third kappa shape index (κ3) is 7.87. The zero-order chi connectivity index (χ0) is 35.9. The average Bonchev–Trinajstić information content (AvgIpc) is 3.62. The van der Waals surface area contributed by atoms with E-state index in [0.717, 1.165) is 45.5 Å². The summed E-state index contributed by atoms with van der Waals surface area (Å²) in [7, 11) is 3.30. The number of aromatic amines is 1. The Kier molecular flexibility index (Phi) is 11.2. The molecule has 1 aliphatic heterocycles. The van der Waals surface area contributed by atoms with Crippen LogP contribution in [0.4, 0.5) is 0 Å². The molecule has 1 atom stereocenters. The zero-order valence-corrected chi connectivity index (χ0v) is 29.9. The Morgan fingerprint density at radius 2 is 1.49 bits per heavy atom. The van der Waals surface area contributed by atoms with Crippen molar-refractivity contribution < 1.29 is 28.6 Å². The van der Waals surface area contributed by atoms with E-state index in [1.807, 2.05) is 48.5 Å². The van der Waals surface area contributed by atoms with Crippen LogP contribution in [0.3, 0.4) is 0 Å². The van der Waals surface area contributed by atoms with Crippen molar-refractivity contribution in [2.45, 2.75) is 31.0 Å². The van der Waals surface area contributed by atoms with Gasteiger partial charge in [-0.2, -0.15) is 0 Å². The Labute approximate surface area is 301 Å². The van der Waals surface area contributed by atoms with Gasteiger partial charge in [0.25, 0.3) is 5.91 Å². The number of hydrogen-bond donors (Lipinski definition) is 1. The molecule has 2 aromatic heterocycles. The number of carbonyl (C=O) groups is 3. The molecule has 2 amide bonds. The highest BCUT2D eigenvalue weighted by Crippen LogP contribution is 2.33. The van der Waals surface area contributed by atoms with Crippen LogP contribution in [0.15, 0.2) is 102 Å². The maximum Gasteiger partial charge on any atom is 0.340 e. The number of rotatable bonds is 12. The van der Waals surface area contributed by atoms with E-state index in [4.69, 9.17) is 14.2 Å². The number of esters is 1. The van der Waals surface area contributed by atoms with Gasteiger partial charge in [0, 0.05) is 55.2 Å². The molecule has 0 spiro atoms. The minimum Gasteiger partial charge on any atom is -0.497 e. The number of methoxy groups -OCH3 is 2. The van der Waals surface area contributed by atoms with Crippen molar-refractivity contribution in [3.8, 4) is 11.5 Å². The first-order valence-electron chi connectivity index (χ1n) is 16.8. The maximum absolute atomic E-state index is 14.3. The Hall–Kier alpha value is -5.33. The molecule has 6 rings (SSSR count). The molecule has 51 heavy (non-hydrogen) atoms. The number of fused-ring (bicyclic) bond motifs is 1. The van der Waals surface area contributed by atoms with E-state index in [2.05, 4.69) is 39.1 Å². The SMILES string of the molecule is CCOC(=O)c1cccnc1SN(C(=O)c1cc2ccccc2[nH]1)[C@H](C)C(=O)N1CCN(C(c2ccc(OC)cc2)c2ccc(OC)cc2)CC1. The number of piperazine rings is 1. The molecule has 1 aliphatic rings. The fourth-order valence-corrected chi connectivity index (χ4v) is 7.25. The van der Waals surface area contributed by atoms with Gasteiger partial charge in [0.05, 0.1) is 32.4 Å². The number of ether oxygens (including phenoxy) is 3. The van der Waals surface area contributed by atoms with Gasteiger partial charge in [0.2, 0.25) is 5.91 Å². The molecular weight excluding hydrogens is 667 g/mol.